The van der Waals surface area contributed by atoms with Crippen molar-refractivity contribution in [3.8, 4) is 10.7 Å². The number of aromatic nitrogens is 2. The van der Waals surface area contributed by atoms with Gasteiger partial charge in [0, 0.05) is 24.7 Å². The summed E-state index contributed by atoms with van der Waals surface area (Å²) in [4.78, 5) is 10.5. The van der Waals surface area contributed by atoms with E-state index in [1.54, 1.807) is 18.4 Å². The van der Waals surface area contributed by atoms with Gasteiger partial charge in [0.05, 0.1) is 12.3 Å². The number of nitrogens with zero attached hydrogens (tertiary/aromatic N) is 2. The average molecular weight is 305 g/mol. The van der Waals surface area contributed by atoms with E-state index < -0.39 is 0 Å². The normalized spacial score (nSPS) is 11.0. The predicted octanol–water partition coefficient (Wildman–Crippen LogP) is 3.41. The largest absolute Gasteiger partial charge is 0.378 e. The third kappa shape index (κ3) is 4.09. The fourth-order valence-electron chi connectivity index (χ4n) is 2.17. The van der Waals surface area contributed by atoms with Crippen LogP contribution in [0.4, 0.5) is 0 Å². The fraction of sp³-hybridized carbons (Fsp3) is 0.500. The topological polar surface area (TPSA) is 47.0 Å². The quantitative estimate of drug-likeness (QED) is 0.759. The molecule has 2 heterocycles. The average Bonchev–Trinajstić information content (AvgIpc) is 2.91. The van der Waals surface area contributed by atoms with Crippen molar-refractivity contribution in [1.82, 2.24) is 15.3 Å². The van der Waals surface area contributed by atoms with Gasteiger partial charge in [-0.3, -0.25) is 4.98 Å². The van der Waals surface area contributed by atoms with Crippen molar-refractivity contribution in [1.29, 1.82) is 0 Å². The smallest absolute Gasteiger partial charge is 0.142 e. The number of rotatable bonds is 8. The Morgan fingerprint density at radius 1 is 1.33 bits per heavy atom. The first kappa shape index (κ1) is 16.1. The van der Waals surface area contributed by atoms with Gasteiger partial charge in [-0.25, -0.2) is 4.98 Å². The minimum Gasteiger partial charge on any atom is -0.378 e. The molecule has 0 aliphatic rings. The first-order chi connectivity index (χ1) is 10.3. The number of thiazole rings is 1. The molecule has 2 rings (SSSR count). The lowest BCUT2D eigenvalue weighted by molar-refractivity contribution is 0.181. The summed E-state index contributed by atoms with van der Waals surface area (Å²) in [6, 6.07) is 4.10. The highest BCUT2D eigenvalue weighted by atomic mass is 32.1. The molecule has 0 saturated carbocycles. The van der Waals surface area contributed by atoms with Gasteiger partial charge in [-0.05, 0) is 31.0 Å². The molecule has 4 nitrogen and oxygen atoms in total. The van der Waals surface area contributed by atoms with Crippen molar-refractivity contribution in [3.63, 3.8) is 0 Å². The van der Waals surface area contributed by atoms with Crippen molar-refractivity contribution >= 4 is 11.3 Å². The number of methoxy groups -OCH3 is 1. The number of aryl methyl sites for hydroxylation is 1. The Hall–Kier alpha value is -1.30. The summed E-state index contributed by atoms with van der Waals surface area (Å²) in [6.45, 7) is 6.73. The molecule has 2 aromatic heterocycles. The minimum atomic E-state index is 0.550. The summed E-state index contributed by atoms with van der Waals surface area (Å²) in [5.74, 6) is 0. The monoisotopic (exact) mass is 305 g/mol. The number of hydrogen-bond donors (Lipinski definition) is 1. The van der Waals surface area contributed by atoms with Crippen molar-refractivity contribution in [2.45, 2.75) is 39.8 Å². The zero-order chi connectivity index (χ0) is 15.1. The standard InChI is InChI=1S/C16H23N3OS/c1-4-8-17-10-14-13(11-20-3)19-16(21-14)15-12(5-2)7-6-9-18-15/h6-7,9,17H,4-5,8,10-11H2,1-3H3. The van der Waals surface area contributed by atoms with E-state index in [1.165, 1.54) is 10.4 Å². The van der Waals surface area contributed by atoms with E-state index in [9.17, 15) is 0 Å². The first-order valence-corrected chi connectivity index (χ1v) is 8.24. The van der Waals surface area contributed by atoms with E-state index in [4.69, 9.17) is 9.72 Å². The van der Waals surface area contributed by atoms with Crippen LogP contribution in [0.1, 0.15) is 36.4 Å². The lowest BCUT2D eigenvalue weighted by Gasteiger charge is -2.02. The van der Waals surface area contributed by atoms with Crippen LogP contribution in [-0.4, -0.2) is 23.6 Å². The number of hydrogen-bond acceptors (Lipinski definition) is 5. The highest BCUT2D eigenvalue weighted by Gasteiger charge is 2.15. The Kier molecular flexibility index (Phi) is 6.29. The maximum absolute atomic E-state index is 5.28. The van der Waals surface area contributed by atoms with Crippen LogP contribution >= 0.6 is 11.3 Å². The zero-order valence-corrected chi connectivity index (χ0v) is 13.8. The Morgan fingerprint density at radius 2 is 2.19 bits per heavy atom. The Labute approximate surface area is 130 Å². The van der Waals surface area contributed by atoms with Crippen LogP contribution in [0.3, 0.4) is 0 Å². The zero-order valence-electron chi connectivity index (χ0n) is 13.0. The van der Waals surface area contributed by atoms with Crippen molar-refractivity contribution in [2.75, 3.05) is 13.7 Å². The molecule has 0 atom stereocenters. The Bertz CT molecular complexity index is 568. The molecule has 0 bridgehead atoms. The van der Waals surface area contributed by atoms with Crippen LogP contribution in [-0.2, 0) is 24.3 Å². The second-order valence-corrected chi connectivity index (χ2v) is 5.95. The van der Waals surface area contributed by atoms with Crippen molar-refractivity contribution in [3.05, 3.63) is 34.5 Å². The SMILES string of the molecule is CCCNCc1sc(-c2ncccc2CC)nc1COC. The summed E-state index contributed by atoms with van der Waals surface area (Å²) in [5.41, 5.74) is 3.26. The molecule has 2 aromatic rings. The van der Waals surface area contributed by atoms with Gasteiger partial charge in [-0.2, -0.15) is 0 Å². The molecular weight excluding hydrogens is 282 g/mol. The second kappa shape index (κ2) is 8.22. The number of nitrogens with one attached hydrogen (secondary N) is 1. The van der Waals surface area contributed by atoms with Crippen LogP contribution in [0.25, 0.3) is 10.7 Å². The van der Waals surface area contributed by atoms with Gasteiger partial charge < -0.3 is 10.1 Å². The van der Waals surface area contributed by atoms with Gasteiger partial charge in [-0.1, -0.05) is 19.9 Å². The van der Waals surface area contributed by atoms with Gasteiger partial charge in [0.25, 0.3) is 0 Å². The highest BCUT2D eigenvalue weighted by Crippen LogP contribution is 2.29. The third-order valence-corrected chi connectivity index (χ3v) is 4.35. The van der Waals surface area contributed by atoms with Gasteiger partial charge in [0.15, 0.2) is 0 Å². The molecule has 0 aliphatic heterocycles. The van der Waals surface area contributed by atoms with Crippen molar-refractivity contribution < 1.29 is 4.74 Å². The van der Waals surface area contributed by atoms with Crippen molar-refractivity contribution in [2.24, 2.45) is 0 Å². The van der Waals surface area contributed by atoms with Crippen LogP contribution in [0, 0.1) is 0 Å². The van der Waals surface area contributed by atoms with E-state index >= 15 is 0 Å². The third-order valence-electron chi connectivity index (χ3n) is 3.25. The lowest BCUT2D eigenvalue weighted by Crippen LogP contribution is -2.14. The maximum atomic E-state index is 5.28. The molecule has 114 valence electrons. The van der Waals surface area contributed by atoms with Gasteiger partial charge in [0.2, 0.25) is 0 Å². The fourth-order valence-corrected chi connectivity index (χ4v) is 3.23. The minimum absolute atomic E-state index is 0.550. The maximum Gasteiger partial charge on any atom is 0.142 e. The predicted molar refractivity (Wildman–Crippen MR) is 87.4 cm³/mol. The number of pyridine rings is 1. The molecular formula is C16H23N3OS. The molecule has 0 aromatic carbocycles. The molecule has 0 saturated heterocycles. The van der Waals surface area contributed by atoms with Crippen LogP contribution in [0.2, 0.25) is 0 Å². The summed E-state index contributed by atoms with van der Waals surface area (Å²) in [6.07, 6.45) is 3.93. The molecule has 0 unspecified atom stereocenters. The summed E-state index contributed by atoms with van der Waals surface area (Å²) >= 11 is 1.72. The number of ether oxygens (including phenoxy) is 1. The summed E-state index contributed by atoms with van der Waals surface area (Å²) < 4.78 is 5.28. The van der Waals surface area contributed by atoms with E-state index in [0.29, 0.717) is 6.61 Å². The molecule has 0 amide bonds. The van der Waals surface area contributed by atoms with E-state index in [0.717, 1.165) is 42.3 Å². The van der Waals surface area contributed by atoms with Crippen LogP contribution < -0.4 is 5.32 Å². The molecule has 0 aliphatic carbocycles. The highest BCUT2D eigenvalue weighted by molar-refractivity contribution is 7.15. The van der Waals surface area contributed by atoms with Crippen LogP contribution in [0.15, 0.2) is 18.3 Å². The van der Waals surface area contributed by atoms with E-state index in [2.05, 4.69) is 30.2 Å². The molecule has 0 spiro atoms. The second-order valence-electron chi connectivity index (χ2n) is 4.86. The molecule has 5 heteroatoms. The Balaban J connectivity index is 2.29. The molecule has 21 heavy (non-hydrogen) atoms. The molecule has 0 radical (unpaired) electrons. The van der Waals surface area contributed by atoms with Gasteiger partial charge >= 0.3 is 0 Å². The first-order valence-electron chi connectivity index (χ1n) is 7.42. The lowest BCUT2D eigenvalue weighted by atomic mass is 10.1. The van der Waals surface area contributed by atoms with Crippen LogP contribution in [0.5, 0.6) is 0 Å². The summed E-state index contributed by atoms with van der Waals surface area (Å²) in [7, 11) is 1.71. The van der Waals surface area contributed by atoms with Gasteiger partial charge in [0.1, 0.15) is 10.7 Å². The van der Waals surface area contributed by atoms with E-state index in [1.807, 2.05) is 12.3 Å². The van der Waals surface area contributed by atoms with E-state index in [-0.39, 0.29) is 0 Å². The molecule has 1 N–H and O–H groups in total. The van der Waals surface area contributed by atoms with Gasteiger partial charge in [-0.15, -0.1) is 11.3 Å². The molecule has 0 fully saturated rings. The summed E-state index contributed by atoms with van der Waals surface area (Å²) in [5, 5.41) is 4.43. The Morgan fingerprint density at radius 3 is 2.90 bits per heavy atom.